The van der Waals surface area contributed by atoms with Crippen molar-refractivity contribution in [2.75, 3.05) is 0 Å². The zero-order chi connectivity index (χ0) is 9.26. The number of hydrogen-bond acceptors (Lipinski definition) is 2. The molecule has 0 aromatic heterocycles. The van der Waals surface area contributed by atoms with Crippen molar-refractivity contribution in [3.8, 4) is 0 Å². The Kier molecular flexibility index (Phi) is 2.36. The van der Waals surface area contributed by atoms with Crippen LogP contribution in [0.5, 0.6) is 0 Å². The van der Waals surface area contributed by atoms with Gasteiger partial charge in [-0.05, 0) is 34.0 Å². The van der Waals surface area contributed by atoms with Crippen LogP contribution in [0.3, 0.4) is 0 Å². The molecule has 3 heteroatoms. The van der Waals surface area contributed by atoms with Gasteiger partial charge in [0.1, 0.15) is 4.62 Å². The Balaban J connectivity index is 2.23. The standard InChI is InChI=1S/C10H10BrNO/c1-7-4-2-3-5-8(7)9-6-10(11)12-13-9/h2-5,9H,6H2,1H3/t9-/m1/s1. The zero-order valence-electron chi connectivity index (χ0n) is 7.33. The molecule has 68 valence electrons. The first-order valence-corrected chi connectivity index (χ1v) is 5.00. The van der Waals surface area contributed by atoms with E-state index in [2.05, 4.69) is 40.1 Å². The highest BCUT2D eigenvalue weighted by Crippen LogP contribution is 2.30. The van der Waals surface area contributed by atoms with Crippen LogP contribution >= 0.6 is 15.9 Å². The summed E-state index contributed by atoms with van der Waals surface area (Å²) < 4.78 is 0.890. The number of aryl methyl sites for hydroxylation is 1. The molecule has 0 amide bonds. The number of halogens is 1. The van der Waals surface area contributed by atoms with Gasteiger partial charge in [0.05, 0.1) is 0 Å². The van der Waals surface area contributed by atoms with Crippen molar-refractivity contribution in [1.29, 1.82) is 0 Å². The zero-order valence-corrected chi connectivity index (χ0v) is 8.91. The van der Waals surface area contributed by atoms with Crippen LogP contribution in [0.4, 0.5) is 0 Å². The van der Waals surface area contributed by atoms with Gasteiger partial charge in [-0.25, -0.2) is 0 Å². The molecule has 0 saturated heterocycles. The molecule has 0 fully saturated rings. The third-order valence-corrected chi connectivity index (χ3v) is 2.64. The molecule has 0 spiro atoms. The lowest BCUT2D eigenvalue weighted by Gasteiger charge is -2.10. The molecule has 0 unspecified atom stereocenters. The van der Waals surface area contributed by atoms with E-state index in [4.69, 9.17) is 4.84 Å². The monoisotopic (exact) mass is 239 g/mol. The van der Waals surface area contributed by atoms with Crippen LogP contribution in [0.1, 0.15) is 23.7 Å². The highest BCUT2D eigenvalue weighted by Gasteiger charge is 2.22. The minimum absolute atomic E-state index is 0.0931. The summed E-state index contributed by atoms with van der Waals surface area (Å²) in [5.74, 6) is 0. The van der Waals surface area contributed by atoms with Gasteiger partial charge in [0.15, 0.2) is 6.10 Å². The average molecular weight is 240 g/mol. The third kappa shape index (κ3) is 1.75. The van der Waals surface area contributed by atoms with Crippen LogP contribution in [-0.4, -0.2) is 4.62 Å². The molecule has 0 radical (unpaired) electrons. The Morgan fingerprint density at radius 2 is 2.23 bits per heavy atom. The maximum Gasteiger partial charge on any atom is 0.159 e. The highest BCUT2D eigenvalue weighted by atomic mass is 79.9. The van der Waals surface area contributed by atoms with E-state index in [9.17, 15) is 0 Å². The summed E-state index contributed by atoms with van der Waals surface area (Å²) in [7, 11) is 0. The van der Waals surface area contributed by atoms with E-state index in [1.54, 1.807) is 0 Å². The van der Waals surface area contributed by atoms with E-state index in [0.717, 1.165) is 11.0 Å². The minimum atomic E-state index is 0.0931. The lowest BCUT2D eigenvalue weighted by Crippen LogP contribution is -1.99. The molecule has 2 nitrogen and oxygen atoms in total. The largest absolute Gasteiger partial charge is 0.386 e. The fourth-order valence-electron chi connectivity index (χ4n) is 1.46. The van der Waals surface area contributed by atoms with Crippen LogP contribution in [0.2, 0.25) is 0 Å². The normalized spacial score (nSPS) is 21.1. The summed E-state index contributed by atoms with van der Waals surface area (Å²) in [5, 5.41) is 3.87. The second-order valence-electron chi connectivity index (χ2n) is 3.12. The number of benzene rings is 1. The summed E-state index contributed by atoms with van der Waals surface area (Å²) in [6.45, 7) is 2.09. The Morgan fingerprint density at radius 3 is 2.85 bits per heavy atom. The summed E-state index contributed by atoms with van der Waals surface area (Å²) in [4.78, 5) is 5.27. The average Bonchev–Trinajstić information content (AvgIpc) is 2.53. The van der Waals surface area contributed by atoms with E-state index < -0.39 is 0 Å². The molecule has 0 saturated carbocycles. The molecule has 0 N–H and O–H groups in total. The summed E-state index contributed by atoms with van der Waals surface area (Å²) in [5.41, 5.74) is 2.48. The molecule has 1 aliphatic rings. The number of hydrogen-bond donors (Lipinski definition) is 0. The molecule has 1 heterocycles. The molecule has 2 rings (SSSR count). The molecule has 13 heavy (non-hydrogen) atoms. The van der Waals surface area contributed by atoms with Gasteiger partial charge in [0, 0.05) is 6.42 Å². The maximum absolute atomic E-state index is 5.27. The van der Waals surface area contributed by atoms with Gasteiger partial charge in [-0.1, -0.05) is 29.4 Å². The van der Waals surface area contributed by atoms with Crippen LogP contribution in [-0.2, 0) is 4.84 Å². The van der Waals surface area contributed by atoms with Crippen molar-refractivity contribution in [3.63, 3.8) is 0 Å². The van der Waals surface area contributed by atoms with E-state index in [0.29, 0.717) is 0 Å². The second-order valence-corrected chi connectivity index (χ2v) is 4.04. The lowest BCUT2D eigenvalue weighted by atomic mass is 10.0. The van der Waals surface area contributed by atoms with E-state index >= 15 is 0 Å². The lowest BCUT2D eigenvalue weighted by molar-refractivity contribution is 0.0853. The Labute approximate surface area is 85.7 Å². The van der Waals surface area contributed by atoms with Gasteiger partial charge in [-0.15, -0.1) is 0 Å². The van der Waals surface area contributed by atoms with Crippen LogP contribution in [0, 0.1) is 6.92 Å². The SMILES string of the molecule is Cc1ccccc1[C@H]1CC(Br)=NO1. The molecule has 1 atom stereocenters. The van der Waals surface area contributed by atoms with Crippen molar-refractivity contribution in [2.24, 2.45) is 5.16 Å². The predicted molar refractivity (Wildman–Crippen MR) is 56.0 cm³/mol. The molecular formula is C10H10BrNO. The van der Waals surface area contributed by atoms with Crippen molar-refractivity contribution in [1.82, 2.24) is 0 Å². The first-order chi connectivity index (χ1) is 6.27. The van der Waals surface area contributed by atoms with Gasteiger partial charge in [0.25, 0.3) is 0 Å². The van der Waals surface area contributed by atoms with Gasteiger partial charge >= 0.3 is 0 Å². The smallest absolute Gasteiger partial charge is 0.159 e. The van der Waals surface area contributed by atoms with Crippen LogP contribution in [0.15, 0.2) is 29.4 Å². The number of rotatable bonds is 1. The minimum Gasteiger partial charge on any atom is -0.386 e. The van der Waals surface area contributed by atoms with Crippen molar-refractivity contribution in [2.45, 2.75) is 19.4 Å². The quantitative estimate of drug-likeness (QED) is 0.738. The highest BCUT2D eigenvalue weighted by molar-refractivity contribution is 9.18. The fraction of sp³-hybridized carbons (Fsp3) is 0.300. The molecule has 1 aromatic rings. The summed E-state index contributed by atoms with van der Waals surface area (Å²) in [6, 6.07) is 8.23. The second kappa shape index (κ2) is 3.50. The third-order valence-electron chi connectivity index (χ3n) is 2.17. The van der Waals surface area contributed by atoms with E-state index in [1.807, 2.05) is 12.1 Å². The fourth-order valence-corrected chi connectivity index (χ4v) is 1.84. The maximum atomic E-state index is 5.27. The Morgan fingerprint density at radius 1 is 1.46 bits per heavy atom. The summed E-state index contributed by atoms with van der Waals surface area (Å²) in [6.07, 6.45) is 0.931. The van der Waals surface area contributed by atoms with Crippen molar-refractivity contribution < 1.29 is 4.84 Å². The van der Waals surface area contributed by atoms with Crippen molar-refractivity contribution in [3.05, 3.63) is 35.4 Å². The number of nitrogens with zero attached hydrogens (tertiary/aromatic N) is 1. The summed E-state index contributed by atoms with van der Waals surface area (Å²) >= 11 is 3.33. The predicted octanol–water partition coefficient (Wildman–Crippen LogP) is 3.16. The van der Waals surface area contributed by atoms with E-state index in [1.165, 1.54) is 11.1 Å². The first-order valence-electron chi connectivity index (χ1n) is 4.21. The topological polar surface area (TPSA) is 21.6 Å². The number of oxime groups is 1. The molecule has 0 bridgehead atoms. The molecule has 0 aliphatic carbocycles. The first kappa shape index (κ1) is 8.75. The molecule has 1 aromatic carbocycles. The van der Waals surface area contributed by atoms with Crippen LogP contribution < -0.4 is 0 Å². The molecule has 1 aliphatic heterocycles. The van der Waals surface area contributed by atoms with Gasteiger partial charge in [-0.2, -0.15) is 0 Å². The van der Waals surface area contributed by atoms with E-state index in [-0.39, 0.29) is 6.10 Å². The van der Waals surface area contributed by atoms with Crippen LogP contribution in [0.25, 0.3) is 0 Å². The Hall–Kier alpha value is -0.830. The Bertz CT molecular complexity index is 349. The van der Waals surface area contributed by atoms with Gasteiger partial charge < -0.3 is 4.84 Å². The van der Waals surface area contributed by atoms with Crippen molar-refractivity contribution >= 4 is 20.6 Å². The van der Waals surface area contributed by atoms with Gasteiger partial charge in [-0.3, -0.25) is 0 Å². The van der Waals surface area contributed by atoms with Gasteiger partial charge in [0.2, 0.25) is 0 Å². The molecular weight excluding hydrogens is 230 g/mol.